The van der Waals surface area contributed by atoms with Gasteiger partial charge in [-0.15, -0.1) is 0 Å². The number of carbonyl (C=O) groups is 1. The van der Waals surface area contributed by atoms with Crippen molar-refractivity contribution >= 4 is 5.91 Å². The Balaban J connectivity index is 1.96. The van der Waals surface area contributed by atoms with Crippen LogP contribution in [0.1, 0.15) is 12.8 Å². The Labute approximate surface area is 104 Å². The Morgan fingerprint density at radius 2 is 2.00 bits per heavy atom. The summed E-state index contributed by atoms with van der Waals surface area (Å²) in [4.78, 5) is 15.8. The van der Waals surface area contributed by atoms with E-state index in [-0.39, 0.29) is 5.91 Å². The van der Waals surface area contributed by atoms with Crippen LogP contribution < -0.4 is 5.32 Å². The highest BCUT2D eigenvalue weighted by molar-refractivity contribution is 5.78. The summed E-state index contributed by atoms with van der Waals surface area (Å²) in [6.45, 7) is 5.32. The van der Waals surface area contributed by atoms with Crippen molar-refractivity contribution in [1.82, 2.24) is 15.1 Å². The molecular weight excluding hydrogens is 218 g/mol. The Kier molecular flexibility index (Phi) is 7.16. The number of nitrogens with zero attached hydrogens (tertiary/aromatic N) is 2. The van der Waals surface area contributed by atoms with Crippen molar-refractivity contribution in [2.45, 2.75) is 12.8 Å². The van der Waals surface area contributed by atoms with Gasteiger partial charge in [-0.1, -0.05) is 0 Å². The van der Waals surface area contributed by atoms with Gasteiger partial charge in [0.05, 0.1) is 19.8 Å². The molecule has 1 N–H and O–H groups in total. The van der Waals surface area contributed by atoms with E-state index in [4.69, 9.17) is 4.74 Å². The van der Waals surface area contributed by atoms with Crippen LogP contribution in [-0.4, -0.2) is 75.7 Å². The molecule has 0 bridgehead atoms. The Morgan fingerprint density at radius 3 is 2.65 bits per heavy atom. The Bertz CT molecular complexity index is 216. The third-order valence-electron chi connectivity index (χ3n) is 2.85. The number of amides is 1. The summed E-state index contributed by atoms with van der Waals surface area (Å²) >= 11 is 0. The molecule has 1 heterocycles. The first-order chi connectivity index (χ1) is 8.20. The summed E-state index contributed by atoms with van der Waals surface area (Å²) in [6, 6.07) is 0. The molecule has 0 radical (unpaired) electrons. The van der Waals surface area contributed by atoms with Crippen molar-refractivity contribution in [2.75, 3.05) is 60.0 Å². The van der Waals surface area contributed by atoms with Gasteiger partial charge in [0, 0.05) is 13.1 Å². The van der Waals surface area contributed by atoms with Gasteiger partial charge in [0.15, 0.2) is 0 Å². The van der Waals surface area contributed by atoms with Crippen LogP contribution in [-0.2, 0) is 9.53 Å². The monoisotopic (exact) mass is 243 g/mol. The molecule has 0 saturated carbocycles. The molecular formula is C12H25N3O2. The summed E-state index contributed by atoms with van der Waals surface area (Å²) in [6.07, 6.45) is 2.29. The van der Waals surface area contributed by atoms with Crippen molar-refractivity contribution in [3.8, 4) is 0 Å². The van der Waals surface area contributed by atoms with Gasteiger partial charge in [-0.05, 0) is 40.0 Å². The molecule has 17 heavy (non-hydrogen) atoms. The van der Waals surface area contributed by atoms with Crippen molar-refractivity contribution in [3.05, 3.63) is 0 Å². The predicted octanol–water partition coefficient (Wildman–Crippen LogP) is -0.223. The minimum absolute atomic E-state index is 0.195. The van der Waals surface area contributed by atoms with Crippen LogP contribution in [0, 0.1) is 0 Å². The molecule has 5 heteroatoms. The van der Waals surface area contributed by atoms with E-state index >= 15 is 0 Å². The molecule has 1 saturated heterocycles. The first kappa shape index (κ1) is 14.4. The highest BCUT2D eigenvalue weighted by Crippen LogP contribution is 1.96. The zero-order chi connectivity index (χ0) is 12.5. The van der Waals surface area contributed by atoms with E-state index in [1.54, 1.807) is 0 Å². The molecule has 100 valence electrons. The zero-order valence-electron chi connectivity index (χ0n) is 11.1. The number of hydrogen-bond donors (Lipinski definition) is 1. The van der Waals surface area contributed by atoms with Gasteiger partial charge in [0.2, 0.25) is 5.91 Å². The summed E-state index contributed by atoms with van der Waals surface area (Å²) < 4.78 is 5.21. The van der Waals surface area contributed by atoms with Crippen LogP contribution in [0.25, 0.3) is 0 Å². The fraction of sp³-hybridized carbons (Fsp3) is 0.917. The highest BCUT2D eigenvalue weighted by Gasteiger charge is 2.15. The van der Waals surface area contributed by atoms with E-state index in [9.17, 15) is 4.79 Å². The van der Waals surface area contributed by atoms with Crippen molar-refractivity contribution in [3.63, 3.8) is 0 Å². The molecule has 0 aromatic carbocycles. The van der Waals surface area contributed by atoms with Gasteiger partial charge in [-0.25, -0.2) is 0 Å². The molecule has 1 rings (SSSR count). The van der Waals surface area contributed by atoms with E-state index in [1.807, 2.05) is 4.90 Å². The fourth-order valence-electron chi connectivity index (χ4n) is 1.80. The van der Waals surface area contributed by atoms with Crippen LogP contribution >= 0.6 is 0 Å². The first-order valence-electron chi connectivity index (χ1n) is 6.41. The maximum atomic E-state index is 11.7. The van der Waals surface area contributed by atoms with Crippen LogP contribution in [0.2, 0.25) is 0 Å². The molecule has 0 aromatic rings. The highest BCUT2D eigenvalue weighted by atomic mass is 16.5. The second kappa shape index (κ2) is 8.44. The Morgan fingerprint density at radius 1 is 1.29 bits per heavy atom. The molecule has 5 nitrogen and oxygen atoms in total. The van der Waals surface area contributed by atoms with Crippen LogP contribution in [0.15, 0.2) is 0 Å². The zero-order valence-corrected chi connectivity index (χ0v) is 11.1. The first-order valence-corrected chi connectivity index (χ1v) is 6.41. The Hall–Kier alpha value is -0.650. The van der Waals surface area contributed by atoms with Gasteiger partial charge in [0.25, 0.3) is 0 Å². The average Bonchev–Trinajstić information content (AvgIpc) is 2.34. The largest absolute Gasteiger partial charge is 0.378 e. The van der Waals surface area contributed by atoms with E-state index in [1.165, 1.54) is 6.42 Å². The average molecular weight is 243 g/mol. The summed E-state index contributed by atoms with van der Waals surface area (Å²) in [5.41, 5.74) is 0. The van der Waals surface area contributed by atoms with Gasteiger partial charge in [-0.2, -0.15) is 0 Å². The minimum Gasteiger partial charge on any atom is -0.378 e. The molecule has 1 aliphatic heterocycles. The quantitative estimate of drug-likeness (QED) is 0.628. The standard InChI is InChI=1S/C12H25N3O2/c1-14(2)6-4-3-5-13-11-12(16)15-7-9-17-10-8-15/h13H,3-11H2,1-2H3. The lowest BCUT2D eigenvalue weighted by atomic mass is 10.3. The number of ether oxygens (including phenoxy) is 1. The predicted molar refractivity (Wildman–Crippen MR) is 68.1 cm³/mol. The van der Waals surface area contributed by atoms with Gasteiger partial charge in [-0.3, -0.25) is 4.79 Å². The number of unbranched alkanes of at least 4 members (excludes halogenated alkanes) is 1. The van der Waals surface area contributed by atoms with Gasteiger partial charge >= 0.3 is 0 Å². The molecule has 0 spiro atoms. The van der Waals surface area contributed by atoms with E-state index < -0.39 is 0 Å². The number of hydrogen-bond acceptors (Lipinski definition) is 4. The lowest BCUT2D eigenvalue weighted by Crippen LogP contribution is -2.44. The number of carbonyl (C=O) groups excluding carboxylic acids is 1. The third-order valence-corrected chi connectivity index (χ3v) is 2.85. The van der Waals surface area contributed by atoms with E-state index in [0.29, 0.717) is 19.8 Å². The van der Waals surface area contributed by atoms with E-state index in [2.05, 4.69) is 24.3 Å². The molecule has 0 unspecified atom stereocenters. The molecule has 1 fully saturated rings. The van der Waals surface area contributed by atoms with Crippen molar-refractivity contribution in [2.24, 2.45) is 0 Å². The van der Waals surface area contributed by atoms with Crippen molar-refractivity contribution in [1.29, 1.82) is 0 Å². The fourth-order valence-corrected chi connectivity index (χ4v) is 1.80. The number of morpholine rings is 1. The van der Waals surface area contributed by atoms with Gasteiger partial charge < -0.3 is 19.9 Å². The molecule has 0 atom stereocenters. The summed E-state index contributed by atoms with van der Waals surface area (Å²) in [7, 11) is 4.16. The van der Waals surface area contributed by atoms with E-state index in [0.717, 1.165) is 32.6 Å². The second-order valence-electron chi connectivity index (χ2n) is 4.68. The lowest BCUT2D eigenvalue weighted by Gasteiger charge is -2.26. The number of rotatable bonds is 7. The normalized spacial score (nSPS) is 16.5. The molecule has 0 aliphatic carbocycles. The smallest absolute Gasteiger partial charge is 0.236 e. The minimum atomic E-state index is 0.195. The molecule has 1 amide bonds. The van der Waals surface area contributed by atoms with Crippen LogP contribution in [0.5, 0.6) is 0 Å². The summed E-state index contributed by atoms with van der Waals surface area (Å²) in [5.74, 6) is 0.195. The van der Waals surface area contributed by atoms with Crippen LogP contribution in [0.3, 0.4) is 0 Å². The van der Waals surface area contributed by atoms with Crippen LogP contribution in [0.4, 0.5) is 0 Å². The molecule has 1 aliphatic rings. The SMILES string of the molecule is CN(C)CCCCNCC(=O)N1CCOCC1. The molecule has 0 aromatic heterocycles. The van der Waals surface area contributed by atoms with Crippen molar-refractivity contribution < 1.29 is 9.53 Å². The maximum Gasteiger partial charge on any atom is 0.236 e. The summed E-state index contributed by atoms with van der Waals surface area (Å²) in [5, 5.41) is 3.21. The number of nitrogens with one attached hydrogen (secondary N) is 1. The van der Waals surface area contributed by atoms with Gasteiger partial charge in [0.1, 0.15) is 0 Å². The topological polar surface area (TPSA) is 44.8 Å². The lowest BCUT2D eigenvalue weighted by molar-refractivity contribution is -0.134. The second-order valence-corrected chi connectivity index (χ2v) is 4.68. The maximum absolute atomic E-state index is 11.7. The third kappa shape index (κ3) is 6.61.